The number of nitrogens with two attached hydrogens (primary N) is 1. The molecule has 1 aromatic heterocycles. The van der Waals surface area contributed by atoms with Crippen LogP contribution >= 0.6 is 11.6 Å². The lowest BCUT2D eigenvalue weighted by molar-refractivity contribution is 0.216. The molecule has 5 nitrogen and oxygen atoms in total. The standard InChI is InChI=1S/C21H17ClF2N4O/c1-3-18-21(25)26-10-19(28-18)16-5-4-15(9-17(16)22)27-11(2)20(29)12-6-13(23)8-14(24)7-12/h3-10,20,27,29H,1-2H2,(H2,25,26). The van der Waals surface area contributed by atoms with Gasteiger partial charge in [-0.1, -0.05) is 24.8 Å². The van der Waals surface area contributed by atoms with Gasteiger partial charge in [0, 0.05) is 23.0 Å². The first kappa shape index (κ1) is 20.4. The molecule has 0 aliphatic heterocycles. The van der Waals surface area contributed by atoms with E-state index >= 15 is 0 Å². The molecule has 0 spiro atoms. The molecule has 29 heavy (non-hydrogen) atoms. The second kappa shape index (κ2) is 8.38. The zero-order valence-electron chi connectivity index (χ0n) is 15.2. The quantitative estimate of drug-likeness (QED) is 0.531. The van der Waals surface area contributed by atoms with E-state index < -0.39 is 17.7 Å². The van der Waals surface area contributed by atoms with Gasteiger partial charge < -0.3 is 16.2 Å². The van der Waals surface area contributed by atoms with Crippen molar-refractivity contribution in [3.8, 4) is 11.3 Å². The first-order chi connectivity index (χ1) is 13.8. The van der Waals surface area contributed by atoms with Crippen LogP contribution in [0, 0.1) is 11.6 Å². The van der Waals surface area contributed by atoms with Crippen molar-refractivity contribution in [3.63, 3.8) is 0 Å². The number of nitrogens with zero attached hydrogens (tertiary/aromatic N) is 2. The van der Waals surface area contributed by atoms with Crippen LogP contribution in [0.1, 0.15) is 17.4 Å². The van der Waals surface area contributed by atoms with E-state index in [9.17, 15) is 13.9 Å². The van der Waals surface area contributed by atoms with Gasteiger partial charge in [-0.05, 0) is 42.0 Å². The molecule has 0 saturated carbocycles. The summed E-state index contributed by atoms with van der Waals surface area (Å²) in [4.78, 5) is 8.43. The van der Waals surface area contributed by atoms with Crippen molar-refractivity contribution in [2.45, 2.75) is 6.10 Å². The van der Waals surface area contributed by atoms with Gasteiger partial charge in [0.25, 0.3) is 0 Å². The lowest BCUT2D eigenvalue weighted by atomic mass is 10.1. The van der Waals surface area contributed by atoms with Gasteiger partial charge in [-0.25, -0.2) is 18.7 Å². The maximum absolute atomic E-state index is 13.4. The van der Waals surface area contributed by atoms with E-state index in [1.807, 2.05) is 0 Å². The summed E-state index contributed by atoms with van der Waals surface area (Å²) >= 11 is 6.36. The highest BCUT2D eigenvalue weighted by Gasteiger charge is 2.15. The summed E-state index contributed by atoms with van der Waals surface area (Å²) in [7, 11) is 0. The van der Waals surface area contributed by atoms with Gasteiger partial charge >= 0.3 is 0 Å². The van der Waals surface area contributed by atoms with E-state index in [2.05, 4.69) is 28.4 Å². The van der Waals surface area contributed by atoms with Gasteiger partial charge in [0.2, 0.25) is 0 Å². The highest BCUT2D eigenvalue weighted by molar-refractivity contribution is 6.33. The van der Waals surface area contributed by atoms with Crippen LogP contribution in [-0.4, -0.2) is 15.1 Å². The van der Waals surface area contributed by atoms with Crippen molar-refractivity contribution in [1.29, 1.82) is 0 Å². The zero-order valence-corrected chi connectivity index (χ0v) is 15.9. The van der Waals surface area contributed by atoms with Crippen LogP contribution in [0.3, 0.4) is 0 Å². The van der Waals surface area contributed by atoms with E-state index in [-0.39, 0.29) is 17.1 Å². The molecule has 1 heterocycles. The minimum atomic E-state index is -1.32. The highest BCUT2D eigenvalue weighted by atomic mass is 35.5. The number of benzene rings is 2. The predicted octanol–water partition coefficient (Wildman–Crippen LogP) is 4.96. The third-order valence-corrected chi connectivity index (χ3v) is 4.42. The molecule has 1 atom stereocenters. The number of aliphatic hydroxyl groups is 1. The van der Waals surface area contributed by atoms with Gasteiger partial charge in [-0.3, -0.25) is 0 Å². The van der Waals surface area contributed by atoms with Gasteiger partial charge in [0.05, 0.1) is 16.9 Å². The van der Waals surface area contributed by atoms with Crippen molar-refractivity contribution in [3.05, 3.63) is 89.4 Å². The average molecular weight is 415 g/mol. The Morgan fingerprint density at radius 3 is 2.52 bits per heavy atom. The lowest BCUT2D eigenvalue weighted by Crippen LogP contribution is -2.09. The van der Waals surface area contributed by atoms with E-state index in [0.717, 1.165) is 18.2 Å². The Morgan fingerprint density at radius 1 is 1.21 bits per heavy atom. The normalized spacial score (nSPS) is 11.7. The van der Waals surface area contributed by atoms with Crippen LogP contribution in [-0.2, 0) is 0 Å². The molecule has 0 saturated heterocycles. The number of anilines is 2. The van der Waals surface area contributed by atoms with Gasteiger partial charge in [0.1, 0.15) is 29.3 Å². The van der Waals surface area contributed by atoms with Crippen LogP contribution in [0.25, 0.3) is 17.3 Å². The molecule has 2 aromatic carbocycles. The van der Waals surface area contributed by atoms with Crippen LogP contribution in [0.4, 0.5) is 20.3 Å². The molecule has 0 aliphatic rings. The van der Waals surface area contributed by atoms with Crippen LogP contribution in [0.15, 0.2) is 61.4 Å². The Morgan fingerprint density at radius 2 is 1.90 bits per heavy atom. The second-order valence-electron chi connectivity index (χ2n) is 6.18. The van der Waals surface area contributed by atoms with Crippen molar-refractivity contribution < 1.29 is 13.9 Å². The van der Waals surface area contributed by atoms with Crippen molar-refractivity contribution in [2.24, 2.45) is 0 Å². The molecule has 4 N–H and O–H groups in total. The van der Waals surface area contributed by atoms with E-state index in [0.29, 0.717) is 27.7 Å². The molecule has 1 unspecified atom stereocenters. The Labute approximate surface area is 171 Å². The summed E-state index contributed by atoms with van der Waals surface area (Å²) in [5.41, 5.74) is 7.98. The number of aliphatic hydroxyl groups excluding tert-OH is 1. The summed E-state index contributed by atoms with van der Waals surface area (Å²) in [5, 5.41) is 13.6. The minimum absolute atomic E-state index is 0.0387. The summed E-state index contributed by atoms with van der Waals surface area (Å²) in [5.74, 6) is -1.32. The van der Waals surface area contributed by atoms with Crippen LogP contribution in [0.5, 0.6) is 0 Å². The van der Waals surface area contributed by atoms with Gasteiger partial charge in [-0.2, -0.15) is 0 Å². The minimum Gasteiger partial charge on any atom is -0.382 e. The van der Waals surface area contributed by atoms with Crippen molar-refractivity contribution in [2.75, 3.05) is 11.1 Å². The molecular weight excluding hydrogens is 398 g/mol. The average Bonchev–Trinajstić information content (AvgIpc) is 2.67. The van der Waals surface area contributed by atoms with E-state index in [4.69, 9.17) is 17.3 Å². The zero-order chi connectivity index (χ0) is 21.1. The van der Waals surface area contributed by atoms with Crippen molar-refractivity contribution >= 4 is 29.2 Å². The Kier molecular flexibility index (Phi) is 5.91. The van der Waals surface area contributed by atoms with Crippen LogP contribution < -0.4 is 11.1 Å². The molecule has 0 amide bonds. The number of nitrogens with one attached hydrogen (secondary N) is 1. The Hall–Kier alpha value is -3.29. The Bertz CT molecular complexity index is 1080. The first-order valence-electron chi connectivity index (χ1n) is 8.43. The fraction of sp³-hybridized carbons (Fsp3) is 0.0476. The summed E-state index contributed by atoms with van der Waals surface area (Å²) < 4.78 is 26.7. The number of aromatic nitrogens is 2. The molecule has 3 rings (SSSR count). The fourth-order valence-electron chi connectivity index (χ4n) is 2.68. The predicted molar refractivity (Wildman–Crippen MR) is 111 cm³/mol. The Balaban J connectivity index is 1.81. The van der Waals surface area contributed by atoms with Gasteiger partial charge in [0.15, 0.2) is 0 Å². The van der Waals surface area contributed by atoms with Crippen molar-refractivity contribution in [1.82, 2.24) is 9.97 Å². The third-order valence-electron chi connectivity index (χ3n) is 4.10. The molecule has 3 aromatic rings. The number of hydrogen-bond acceptors (Lipinski definition) is 5. The first-order valence-corrected chi connectivity index (χ1v) is 8.81. The largest absolute Gasteiger partial charge is 0.382 e. The number of halogens is 3. The van der Waals surface area contributed by atoms with E-state index in [1.54, 1.807) is 18.2 Å². The topological polar surface area (TPSA) is 84.1 Å². The number of nitrogen functional groups attached to an aromatic ring is 1. The van der Waals surface area contributed by atoms with E-state index in [1.165, 1.54) is 12.3 Å². The van der Waals surface area contributed by atoms with Crippen LogP contribution in [0.2, 0.25) is 5.02 Å². The second-order valence-corrected chi connectivity index (χ2v) is 6.59. The number of rotatable bonds is 6. The molecular formula is C21H17ClF2N4O. The maximum Gasteiger partial charge on any atom is 0.149 e. The molecule has 148 valence electrons. The third kappa shape index (κ3) is 4.59. The maximum atomic E-state index is 13.4. The lowest BCUT2D eigenvalue weighted by Gasteiger charge is -2.17. The molecule has 8 heteroatoms. The summed E-state index contributed by atoms with van der Waals surface area (Å²) in [6.07, 6.45) is 1.67. The smallest absolute Gasteiger partial charge is 0.149 e. The van der Waals surface area contributed by atoms with Gasteiger partial charge in [-0.15, -0.1) is 0 Å². The highest BCUT2D eigenvalue weighted by Crippen LogP contribution is 2.31. The summed E-state index contributed by atoms with van der Waals surface area (Å²) in [6, 6.07) is 7.80. The summed E-state index contributed by atoms with van der Waals surface area (Å²) in [6.45, 7) is 7.37. The molecule has 0 bridgehead atoms. The number of hydrogen-bond donors (Lipinski definition) is 3. The fourth-order valence-corrected chi connectivity index (χ4v) is 2.96. The monoisotopic (exact) mass is 414 g/mol. The molecule has 0 fully saturated rings. The SMILES string of the molecule is C=Cc1nc(-c2ccc(NC(=C)C(O)c3cc(F)cc(F)c3)cc2Cl)cnc1N. The molecule has 0 aliphatic carbocycles. The molecule has 0 radical (unpaired) electrons.